The van der Waals surface area contributed by atoms with Crippen LogP contribution in [0.1, 0.15) is 22.9 Å². The minimum atomic E-state index is -0.374. The number of benzene rings is 7. The molecule has 0 spiro atoms. The molecule has 0 amide bonds. The third kappa shape index (κ3) is 4.79. The molecule has 1 N–H and O–H groups in total. The fraction of sp³-hybridized carbons (Fsp3) is 0.0233. The highest BCUT2D eigenvalue weighted by molar-refractivity contribution is 6.22. The van der Waals surface area contributed by atoms with Gasteiger partial charge < -0.3 is 9.73 Å². The van der Waals surface area contributed by atoms with Crippen LogP contribution in [0, 0.1) is 0 Å². The van der Waals surface area contributed by atoms with Crippen molar-refractivity contribution in [2.75, 3.05) is 0 Å². The molecule has 0 fully saturated rings. The summed E-state index contributed by atoms with van der Waals surface area (Å²) in [5, 5.41) is 8.10. The second-order valence-electron chi connectivity index (χ2n) is 11.8. The van der Waals surface area contributed by atoms with Gasteiger partial charge in [-0.3, -0.25) is 0 Å². The highest BCUT2D eigenvalue weighted by Crippen LogP contribution is 2.38. The summed E-state index contributed by atoms with van der Waals surface area (Å²) >= 11 is 0. The van der Waals surface area contributed by atoms with Crippen LogP contribution in [0.25, 0.3) is 55.0 Å². The van der Waals surface area contributed by atoms with Gasteiger partial charge in [-0.25, -0.2) is 9.98 Å². The summed E-state index contributed by atoms with van der Waals surface area (Å²) in [4.78, 5) is 10.6. The van der Waals surface area contributed by atoms with E-state index < -0.39 is 0 Å². The summed E-state index contributed by atoms with van der Waals surface area (Å²) in [7, 11) is 0. The van der Waals surface area contributed by atoms with Crippen molar-refractivity contribution in [2.24, 2.45) is 9.98 Å². The molecule has 2 heterocycles. The van der Waals surface area contributed by atoms with Crippen molar-refractivity contribution in [1.82, 2.24) is 5.32 Å². The van der Waals surface area contributed by atoms with Crippen molar-refractivity contribution < 1.29 is 4.42 Å². The largest absolute Gasteiger partial charge is 0.456 e. The summed E-state index contributed by atoms with van der Waals surface area (Å²) < 4.78 is 6.46. The normalized spacial score (nSPS) is 14.6. The van der Waals surface area contributed by atoms with Gasteiger partial charge in [-0.05, 0) is 51.2 Å². The average Bonchev–Trinajstić information content (AvgIpc) is 3.53. The molecular weight excluding hydrogens is 574 g/mol. The van der Waals surface area contributed by atoms with Crippen LogP contribution in [0.15, 0.2) is 178 Å². The van der Waals surface area contributed by atoms with Gasteiger partial charge in [-0.15, -0.1) is 0 Å². The summed E-state index contributed by atoms with van der Waals surface area (Å²) in [6, 6.07) is 56.8. The predicted molar refractivity (Wildman–Crippen MR) is 194 cm³/mol. The summed E-state index contributed by atoms with van der Waals surface area (Å²) in [6.45, 7) is 0. The van der Waals surface area contributed by atoms with E-state index in [0.29, 0.717) is 5.84 Å². The van der Waals surface area contributed by atoms with E-state index in [0.717, 1.165) is 61.0 Å². The first kappa shape index (κ1) is 27.1. The topological polar surface area (TPSA) is 49.9 Å². The van der Waals surface area contributed by atoms with Gasteiger partial charge in [0.25, 0.3) is 0 Å². The molecular formula is C43H29N3O. The van der Waals surface area contributed by atoms with E-state index in [9.17, 15) is 0 Å². The first-order valence-corrected chi connectivity index (χ1v) is 15.9. The summed E-state index contributed by atoms with van der Waals surface area (Å²) in [5.41, 5.74) is 9.24. The van der Waals surface area contributed by atoms with Gasteiger partial charge in [0, 0.05) is 27.5 Å². The van der Waals surface area contributed by atoms with E-state index >= 15 is 0 Å². The number of hydrogen-bond donors (Lipinski definition) is 1. The van der Waals surface area contributed by atoms with Gasteiger partial charge >= 0.3 is 0 Å². The number of rotatable bonds is 5. The zero-order chi connectivity index (χ0) is 31.2. The van der Waals surface area contributed by atoms with Crippen molar-refractivity contribution in [3.63, 3.8) is 0 Å². The molecule has 0 saturated heterocycles. The zero-order valence-corrected chi connectivity index (χ0v) is 25.5. The highest BCUT2D eigenvalue weighted by Gasteiger charge is 2.26. The van der Waals surface area contributed by atoms with Crippen LogP contribution in [-0.4, -0.2) is 11.7 Å². The maximum Gasteiger partial charge on any atom is 0.160 e. The van der Waals surface area contributed by atoms with Crippen LogP contribution in [-0.2, 0) is 0 Å². The standard InChI is InChI=1S/C43H29N3O/c1-4-14-28(15-5-1)31-26-37(40-36-22-12-13-23-38(36)47-39(40)27-31)43-45-41(30-18-8-3-9-19-30)44-42(46-43)35-25-24-32(29-16-6-2-7-17-29)33-20-10-11-21-34(33)35/h1-27,42H,(H,44,45,46). The quantitative estimate of drug-likeness (QED) is 0.213. The number of amidine groups is 2. The monoisotopic (exact) mass is 603 g/mol. The van der Waals surface area contributed by atoms with Gasteiger partial charge in [0.05, 0.1) is 0 Å². The number of furan rings is 1. The second kappa shape index (κ2) is 11.3. The van der Waals surface area contributed by atoms with Crippen LogP contribution < -0.4 is 5.32 Å². The Hall–Kier alpha value is -6.26. The number of hydrogen-bond acceptors (Lipinski definition) is 4. The predicted octanol–water partition coefficient (Wildman–Crippen LogP) is 10.6. The minimum Gasteiger partial charge on any atom is -0.456 e. The number of fused-ring (bicyclic) bond motifs is 4. The number of nitrogens with zero attached hydrogens (tertiary/aromatic N) is 2. The maximum absolute atomic E-state index is 6.46. The Labute approximate surface area is 272 Å². The Kier molecular flexibility index (Phi) is 6.50. The molecule has 4 nitrogen and oxygen atoms in total. The van der Waals surface area contributed by atoms with E-state index in [2.05, 4.69) is 133 Å². The van der Waals surface area contributed by atoms with Crippen molar-refractivity contribution in [1.29, 1.82) is 0 Å². The Balaban J connectivity index is 1.29. The molecule has 0 radical (unpaired) electrons. The van der Waals surface area contributed by atoms with E-state index in [1.54, 1.807) is 0 Å². The van der Waals surface area contributed by atoms with Gasteiger partial charge in [0.15, 0.2) is 5.84 Å². The van der Waals surface area contributed by atoms with Crippen LogP contribution in [0.5, 0.6) is 0 Å². The van der Waals surface area contributed by atoms with E-state index in [4.69, 9.17) is 14.4 Å². The van der Waals surface area contributed by atoms with Crippen LogP contribution in [0.2, 0.25) is 0 Å². The van der Waals surface area contributed by atoms with Crippen LogP contribution in [0.3, 0.4) is 0 Å². The number of aliphatic imine (C=N–C) groups is 2. The molecule has 1 atom stereocenters. The first-order chi connectivity index (χ1) is 23.3. The molecule has 1 aliphatic rings. The molecule has 1 unspecified atom stereocenters. The summed E-state index contributed by atoms with van der Waals surface area (Å²) in [6.07, 6.45) is -0.374. The lowest BCUT2D eigenvalue weighted by atomic mass is 9.93. The maximum atomic E-state index is 6.46. The SMILES string of the molecule is c1ccc(C2=NC(c3cc(-c4ccccc4)cc4oc5ccccc5c34)=NC(c3ccc(-c4ccccc4)c4ccccc34)N2)cc1. The average molecular weight is 604 g/mol. The lowest BCUT2D eigenvalue weighted by molar-refractivity contribution is 0.668. The van der Waals surface area contributed by atoms with Crippen molar-refractivity contribution in [3.05, 3.63) is 180 Å². The Bertz CT molecular complexity index is 2480. The van der Waals surface area contributed by atoms with Crippen molar-refractivity contribution in [2.45, 2.75) is 6.17 Å². The van der Waals surface area contributed by atoms with Gasteiger partial charge in [-0.1, -0.05) is 146 Å². The van der Waals surface area contributed by atoms with E-state index in [1.165, 1.54) is 16.5 Å². The Morgan fingerprint density at radius 2 is 1.09 bits per heavy atom. The first-order valence-electron chi connectivity index (χ1n) is 15.9. The van der Waals surface area contributed by atoms with Crippen LogP contribution in [0.4, 0.5) is 0 Å². The summed E-state index contributed by atoms with van der Waals surface area (Å²) in [5.74, 6) is 1.45. The smallest absolute Gasteiger partial charge is 0.160 e. The van der Waals surface area contributed by atoms with Gasteiger partial charge in [0.2, 0.25) is 0 Å². The second-order valence-corrected chi connectivity index (χ2v) is 11.8. The van der Waals surface area contributed by atoms with Gasteiger partial charge in [0.1, 0.15) is 23.2 Å². The molecule has 0 bridgehead atoms. The molecule has 4 heteroatoms. The molecule has 0 aliphatic carbocycles. The lowest BCUT2D eigenvalue weighted by Gasteiger charge is -2.25. The van der Waals surface area contributed by atoms with Crippen molar-refractivity contribution >= 4 is 44.4 Å². The molecule has 0 saturated carbocycles. The lowest BCUT2D eigenvalue weighted by Crippen LogP contribution is -2.33. The molecule has 7 aromatic carbocycles. The molecule has 222 valence electrons. The molecule has 47 heavy (non-hydrogen) atoms. The minimum absolute atomic E-state index is 0.374. The zero-order valence-electron chi connectivity index (χ0n) is 25.5. The number of para-hydroxylation sites is 1. The highest BCUT2D eigenvalue weighted by atomic mass is 16.3. The Morgan fingerprint density at radius 1 is 0.468 bits per heavy atom. The third-order valence-corrected chi connectivity index (χ3v) is 8.95. The molecule has 9 rings (SSSR count). The fourth-order valence-electron chi connectivity index (χ4n) is 6.73. The molecule has 8 aromatic rings. The van der Waals surface area contributed by atoms with Gasteiger partial charge in [-0.2, -0.15) is 0 Å². The van der Waals surface area contributed by atoms with E-state index in [-0.39, 0.29) is 6.17 Å². The third-order valence-electron chi connectivity index (χ3n) is 8.95. The Morgan fingerprint density at radius 3 is 1.83 bits per heavy atom. The van der Waals surface area contributed by atoms with Crippen molar-refractivity contribution in [3.8, 4) is 22.3 Å². The van der Waals surface area contributed by atoms with Crippen LogP contribution >= 0.6 is 0 Å². The number of nitrogens with one attached hydrogen (secondary N) is 1. The van der Waals surface area contributed by atoms with E-state index in [1.807, 2.05) is 36.4 Å². The molecule has 1 aliphatic heterocycles. The fourth-order valence-corrected chi connectivity index (χ4v) is 6.73. The molecule has 1 aromatic heterocycles.